The highest BCUT2D eigenvalue weighted by Crippen LogP contribution is 2.37. The molecule has 2 saturated heterocycles. The molecule has 0 amide bonds. The van der Waals surface area contributed by atoms with E-state index in [-0.39, 0.29) is 0 Å². The fourth-order valence-electron chi connectivity index (χ4n) is 5.82. The van der Waals surface area contributed by atoms with Crippen LogP contribution in [0.4, 0.5) is 0 Å². The van der Waals surface area contributed by atoms with Gasteiger partial charge in [-0.15, -0.1) is 0 Å². The maximum Gasteiger partial charge on any atom is 0.0280 e. The van der Waals surface area contributed by atoms with E-state index in [0.29, 0.717) is 5.92 Å². The van der Waals surface area contributed by atoms with Crippen molar-refractivity contribution >= 4 is 0 Å². The molecule has 2 aliphatic heterocycles. The Morgan fingerprint density at radius 2 is 1.72 bits per heavy atom. The molecule has 2 heterocycles. The SMILES string of the molecule is C[C@@H](CCN1CCN2CCC[C@@H]2[C@@H]1C1CCCCC1)c1ccccc1. The molecule has 0 bridgehead atoms. The number of benzene rings is 1. The number of piperazine rings is 1. The summed E-state index contributed by atoms with van der Waals surface area (Å²) in [6.07, 6.45) is 11.6. The van der Waals surface area contributed by atoms with Crippen molar-refractivity contribution in [2.24, 2.45) is 5.92 Å². The molecule has 138 valence electrons. The van der Waals surface area contributed by atoms with Gasteiger partial charge in [-0.25, -0.2) is 0 Å². The molecule has 0 radical (unpaired) electrons. The minimum absolute atomic E-state index is 0.676. The molecule has 0 N–H and O–H groups in total. The molecule has 1 aromatic rings. The molecule has 0 aromatic heterocycles. The fourth-order valence-corrected chi connectivity index (χ4v) is 5.82. The van der Waals surface area contributed by atoms with Crippen molar-refractivity contribution in [3.8, 4) is 0 Å². The summed E-state index contributed by atoms with van der Waals surface area (Å²) in [6, 6.07) is 12.8. The number of hydrogen-bond acceptors (Lipinski definition) is 2. The van der Waals surface area contributed by atoms with Crippen molar-refractivity contribution in [3.05, 3.63) is 35.9 Å². The highest BCUT2D eigenvalue weighted by molar-refractivity contribution is 5.18. The number of rotatable bonds is 5. The zero-order valence-electron chi connectivity index (χ0n) is 16.1. The van der Waals surface area contributed by atoms with Gasteiger partial charge in [0.2, 0.25) is 0 Å². The standard InChI is InChI=1S/C23H36N2/c1-19(20-9-4-2-5-10-20)14-16-25-18-17-24-15-8-13-22(24)23(25)21-11-6-3-7-12-21/h2,4-5,9-10,19,21-23H,3,6-8,11-18H2,1H3/t19-,22+,23-/m0/s1. The summed E-state index contributed by atoms with van der Waals surface area (Å²) in [5.41, 5.74) is 1.51. The maximum atomic E-state index is 2.92. The number of fused-ring (bicyclic) bond motifs is 1. The maximum absolute atomic E-state index is 2.92. The topological polar surface area (TPSA) is 6.48 Å². The largest absolute Gasteiger partial charge is 0.298 e. The van der Waals surface area contributed by atoms with Crippen LogP contribution in [-0.4, -0.2) is 48.1 Å². The van der Waals surface area contributed by atoms with Gasteiger partial charge in [0.05, 0.1) is 0 Å². The van der Waals surface area contributed by atoms with E-state index >= 15 is 0 Å². The van der Waals surface area contributed by atoms with E-state index in [1.807, 2.05) is 0 Å². The molecule has 3 aliphatic rings. The Morgan fingerprint density at radius 3 is 2.52 bits per heavy atom. The van der Waals surface area contributed by atoms with E-state index in [1.54, 1.807) is 0 Å². The molecule has 2 heteroatoms. The second-order valence-corrected chi connectivity index (χ2v) is 8.77. The normalized spacial score (nSPS) is 30.3. The fraction of sp³-hybridized carbons (Fsp3) is 0.739. The summed E-state index contributed by atoms with van der Waals surface area (Å²) < 4.78 is 0. The third-order valence-corrected chi connectivity index (χ3v) is 7.26. The Hall–Kier alpha value is -0.860. The molecule has 3 atom stereocenters. The first-order valence-electron chi connectivity index (χ1n) is 10.9. The van der Waals surface area contributed by atoms with E-state index in [1.165, 1.54) is 83.1 Å². The smallest absolute Gasteiger partial charge is 0.0280 e. The Balaban J connectivity index is 1.42. The second-order valence-electron chi connectivity index (χ2n) is 8.77. The van der Waals surface area contributed by atoms with E-state index in [0.717, 1.165) is 18.0 Å². The minimum atomic E-state index is 0.676. The van der Waals surface area contributed by atoms with Crippen LogP contribution in [0.3, 0.4) is 0 Å². The third-order valence-electron chi connectivity index (χ3n) is 7.26. The Labute approximate surface area is 154 Å². The lowest BCUT2D eigenvalue weighted by Gasteiger charge is -2.49. The minimum Gasteiger partial charge on any atom is -0.298 e. The lowest BCUT2D eigenvalue weighted by Crippen LogP contribution is -2.60. The van der Waals surface area contributed by atoms with Gasteiger partial charge in [0.1, 0.15) is 0 Å². The van der Waals surface area contributed by atoms with E-state index < -0.39 is 0 Å². The van der Waals surface area contributed by atoms with Crippen LogP contribution in [0.5, 0.6) is 0 Å². The molecule has 2 nitrogen and oxygen atoms in total. The lowest BCUT2D eigenvalue weighted by atomic mass is 9.78. The van der Waals surface area contributed by atoms with Crippen LogP contribution in [0, 0.1) is 5.92 Å². The predicted molar refractivity (Wildman–Crippen MR) is 106 cm³/mol. The molecule has 1 aliphatic carbocycles. The molecule has 0 unspecified atom stereocenters. The van der Waals surface area contributed by atoms with E-state index in [4.69, 9.17) is 0 Å². The van der Waals surface area contributed by atoms with Gasteiger partial charge in [0, 0.05) is 25.2 Å². The molecule has 0 spiro atoms. The van der Waals surface area contributed by atoms with Crippen LogP contribution in [0.1, 0.15) is 69.8 Å². The van der Waals surface area contributed by atoms with Gasteiger partial charge >= 0.3 is 0 Å². The van der Waals surface area contributed by atoms with Gasteiger partial charge in [-0.05, 0) is 62.6 Å². The van der Waals surface area contributed by atoms with Crippen LogP contribution in [0.25, 0.3) is 0 Å². The molecule has 1 saturated carbocycles. The first-order chi connectivity index (χ1) is 12.3. The zero-order valence-corrected chi connectivity index (χ0v) is 16.1. The Kier molecular flexibility index (Phi) is 5.77. The van der Waals surface area contributed by atoms with E-state index in [2.05, 4.69) is 47.1 Å². The van der Waals surface area contributed by atoms with Crippen molar-refractivity contribution < 1.29 is 0 Å². The van der Waals surface area contributed by atoms with Crippen LogP contribution >= 0.6 is 0 Å². The summed E-state index contributed by atoms with van der Waals surface area (Å²) >= 11 is 0. The summed E-state index contributed by atoms with van der Waals surface area (Å²) in [6.45, 7) is 7.69. The first kappa shape index (κ1) is 17.5. The summed E-state index contributed by atoms with van der Waals surface area (Å²) in [5.74, 6) is 1.64. The second kappa shape index (κ2) is 8.22. The molecule has 1 aromatic carbocycles. The third kappa shape index (κ3) is 3.95. The van der Waals surface area contributed by atoms with Crippen LogP contribution in [-0.2, 0) is 0 Å². The van der Waals surface area contributed by atoms with Gasteiger partial charge in [0.25, 0.3) is 0 Å². The molecule has 3 fully saturated rings. The van der Waals surface area contributed by atoms with E-state index in [9.17, 15) is 0 Å². The molecule has 25 heavy (non-hydrogen) atoms. The van der Waals surface area contributed by atoms with Gasteiger partial charge in [-0.1, -0.05) is 56.5 Å². The molecular formula is C23H36N2. The Bertz CT molecular complexity index is 522. The van der Waals surface area contributed by atoms with Gasteiger partial charge in [0.15, 0.2) is 0 Å². The Morgan fingerprint density at radius 1 is 0.920 bits per heavy atom. The van der Waals surface area contributed by atoms with Gasteiger partial charge in [-0.3, -0.25) is 9.80 Å². The first-order valence-corrected chi connectivity index (χ1v) is 10.9. The summed E-state index contributed by atoms with van der Waals surface area (Å²) in [5, 5.41) is 0. The van der Waals surface area contributed by atoms with Crippen LogP contribution < -0.4 is 0 Å². The van der Waals surface area contributed by atoms with Crippen molar-refractivity contribution in [1.29, 1.82) is 0 Å². The molecular weight excluding hydrogens is 304 g/mol. The number of nitrogens with zero attached hydrogens (tertiary/aromatic N) is 2. The van der Waals surface area contributed by atoms with Crippen molar-refractivity contribution in [3.63, 3.8) is 0 Å². The van der Waals surface area contributed by atoms with Gasteiger partial charge in [-0.2, -0.15) is 0 Å². The quantitative estimate of drug-likeness (QED) is 0.751. The molecule has 4 rings (SSSR count). The highest BCUT2D eigenvalue weighted by atomic mass is 15.3. The number of hydrogen-bond donors (Lipinski definition) is 0. The monoisotopic (exact) mass is 340 g/mol. The highest BCUT2D eigenvalue weighted by Gasteiger charge is 2.42. The summed E-state index contributed by atoms with van der Waals surface area (Å²) in [7, 11) is 0. The summed E-state index contributed by atoms with van der Waals surface area (Å²) in [4.78, 5) is 5.75. The average Bonchev–Trinajstić information content (AvgIpc) is 3.15. The van der Waals surface area contributed by atoms with Crippen molar-refractivity contribution in [1.82, 2.24) is 9.80 Å². The predicted octanol–water partition coefficient (Wildman–Crippen LogP) is 4.91. The van der Waals surface area contributed by atoms with Crippen molar-refractivity contribution in [2.75, 3.05) is 26.2 Å². The van der Waals surface area contributed by atoms with Crippen LogP contribution in [0.15, 0.2) is 30.3 Å². The van der Waals surface area contributed by atoms with Gasteiger partial charge < -0.3 is 0 Å². The van der Waals surface area contributed by atoms with Crippen molar-refractivity contribution in [2.45, 2.75) is 76.3 Å². The zero-order chi connectivity index (χ0) is 17.1. The van der Waals surface area contributed by atoms with Crippen LogP contribution in [0.2, 0.25) is 0 Å². The average molecular weight is 341 g/mol. The lowest BCUT2D eigenvalue weighted by molar-refractivity contribution is -0.0000914.